The predicted octanol–water partition coefficient (Wildman–Crippen LogP) is 3.51. The summed E-state index contributed by atoms with van der Waals surface area (Å²) in [6, 6.07) is 18.8. The molecule has 2 atom stereocenters. The summed E-state index contributed by atoms with van der Waals surface area (Å²) in [4.78, 5) is 1.86. The fourth-order valence-electron chi connectivity index (χ4n) is 3.15. The lowest BCUT2D eigenvalue weighted by molar-refractivity contribution is 0.493. The molecule has 0 amide bonds. The summed E-state index contributed by atoms with van der Waals surface area (Å²) in [6.07, 6.45) is 4.96. The van der Waals surface area contributed by atoms with Crippen LogP contribution >= 0.6 is 0 Å². The van der Waals surface area contributed by atoms with Crippen molar-refractivity contribution in [1.82, 2.24) is 0 Å². The van der Waals surface area contributed by atoms with Crippen LogP contribution in [-0.2, 0) is 20.9 Å². The molecule has 2 aromatic rings. The van der Waals surface area contributed by atoms with Gasteiger partial charge in [0.05, 0.1) is 6.04 Å². The molecule has 2 aliphatic rings. The van der Waals surface area contributed by atoms with Crippen molar-refractivity contribution in [2.75, 3.05) is 4.90 Å². The van der Waals surface area contributed by atoms with E-state index in [1.165, 1.54) is 6.08 Å². The third-order valence-corrected chi connectivity index (χ3v) is 7.24. The largest absolute Gasteiger partial charge is 0.322 e. The molecule has 0 aromatic heterocycles. The first kappa shape index (κ1) is 17.0. The van der Waals surface area contributed by atoms with Gasteiger partial charge in [0.2, 0.25) is 0 Å². The first-order valence-electron chi connectivity index (χ1n) is 7.89. The molecule has 5 nitrogen and oxygen atoms in total. The second-order valence-corrected chi connectivity index (χ2v) is 8.90. The van der Waals surface area contributed by atoms with Gasteiger partial charge in [-0.25, -0.2) is 4.21 Å². The van der Waals surface area contributed by atoms with Crippen molar-refractivity contribution in [3.05, 3.63) is 99.3 Å². The van der Waals surface area contributed by atoms with Crippen molar-refractivity contribution >= 4 is 26.6 Å². The Bertz CT molecular complexity index is 1070. The summed E-state index contributed by atoms with van der Waals surface area (Å²) in [5, 5.41) is 0.361. The van der Waals surface area contributed by atoms with E-state index in [0.29, 0.717) is 10.6 Å². The fraction of sp³-hybridized carbons (Fsp3) is 0.0526. The summed E-state index contributed by atoms with van der Waals surface area (Å²) in [7, 11) is -6.53. The highest BCUT2D eigenvalue weighted by Gasteiger charge is 2.39. The highest BCUT2D eigenvalue weighted by Crippen LogP contribution is 2.43. The minimum atomic E-state index is -4.54. The summed E-state index contributed by atoms with van der Waals surface area (Å²) >= 11 is 0. The average Bonchev–Trinajstić information content (AvgIpc) is 3.00. The SMILES string of the molecule is O=S1C(S(=O)(=O)O)=CC2=C1N(c1ccccc1)C(c1ccccc1)C=C2. The van der Waals surface area contributed by atoms with Gasteiger partial charge < -0.3 is 4.90 Å². The van der Waals surface area contributed by atoms with E-state index in [1.54, 1.807) is 6.08 Å². The van der Waals surface area contributed by atoms with Gasteiger partial charge in [-0.05, 0) is 23.8 Å². The van der Waals surface area contributed by atoms with Crippen LogP contribution in [0.4, 0.5) is 5.69 Å². The van der Waals surface area contributed by atoms with Gasteiger partial charge in [-0.2, -0.15) is 8.42 Å². The van der Waals surface area contributed by atoms with E-state index in [-0.39, 0.29) is 6.04 Å². The highest BCUT2D eigenvalue weighted by atomic mass is 32.3. The summed E-state index contributed by atoms with van der Waals surface area (Å²) in [6.45, 7) is 0. The topological polar surface area (TPSA) is 74.7 Å². The number of anilines is 1. The van der Waals surface area contributed by atoms with E-state index < -0.39 is 25.2 Å². The molecule has 0 saturated heterocycles. The van der Waals surface area contributed by atoms with Crippen LogP contribution in [0, 0.1) is 0 Å². The first-order valence-corrected chi connectivity index (χ1v) is 10.5. The molecule has 2 aromatic carbocycles. The zero-order chi connectivity index (χ0) is 18.3. The second-order valence-electron chi connectivity index (χ2n) is 5.89. The molecule has 0 spiro atoms. The number of para-hydroxylation sites is 1. The summed E-state index contributed by atoms with van der Waals surface area (Å²) in [5.74, 6) is 0. The predicted molar refractivity (Wildman–Crippen MR) is 102 cm³/mol. The monoisotopic (exact) mass is 385 g/mol. The van der Waals surface area contributed by atoms with Gasteiger partial charge in [-0.15, -0.1) is 0 Å². The van der Waals surface area contributed by atoms with E-state index >= 15 is 0 Å². The van der Waals surface area contributed by atoms with E-state index in [9.17, 15) is 17.2 Å². The molecule has 0 fully saturated rings. The Labute approximate surface area is 154 Å². The smallest absolute Gasteiger partial charge is 0.303 e. The maximum atomic E-state index is 12.9. The van der Waals surface area contributed by atoms with E-state index in [4.69, 9.17) is 0 Å². The van der Waals surface area contributed by atoms with Crippen LogP contribution in [0.2, 0.25) is 0 Å². The van der Waals surface area contributed by atoms with E-state index in [1.807, 2.05) is 71.6 Å². The van der Waals surface area contributed by atoms with Gasteiger partial charge in [-0.3, -0.25) is 4.55 Å². The molecule has 2 unspecified atom stereocenters. The second kappa shape index (κ2) is 6.35. The van der Waals surface area contributed by atoms with Crippen LogP contribution in [0.1, 0.15) is 11.6 Å². The quantitative estimate of drug-likeness (QED) is 0.819. The number of hydrogen-bond donors (Lipinski definition) is 1. The zero-order valence-corrected chi connectivity index (χ0v) is 15.2. The molecule has 0 radical (unpaired) electrons. The molecule has 0 aliphatic carbocycles. The van der Waals surface area contributed by atoms with Gasteiger partial charge in [-0.1, -0.05) is 60.7 Å². The van der Waals surface area contributed by atoms with Gasteiger partial charge in [0.25, 0.3) is 0 Å². The van der Waals surface area contributed by atoms with Crippen molar-refractivity contribution in [1.29, 1.82) is 0 Å². The van der Waals surface area contributed by atoms with Crippen LogP contribution in [0.15, 0.2) is 93.7 Å². The maximum absolute atomic E-state index is 12.9. The molecular weight excluding hydrogens is 370 g/mol. The molecule has 0 saturated carbocycles. The van der Waals surface area contributed by atoms with Crippen molar-refractivity contribution in [3.63, 3.8) is 0 Å². The third kappa shape index (κ3) is 2.84. The normalized spacial score (nSPS) is 22.3. The van der Waals surface area contributed by atoms with Crippen molar-refractivity contribution in [3.8, 4) is 0 Å². The maximum Gasteiger partial charge on any atom is 0.303 e. The number of rotatable bonds is 3. The highest BCUT2D eigenvalue weighted by molar-refractivity contribution is 8.11. The van der Waals surface area contributed by atoms with Crippen molar-refractivity contribution < 1.29 is 17.2 Å². The number of hydrogen-bond acceptors (Lipinski definition) is 4. The van der Waals surface area contributed by atoms with Gasteiger partial charge >= 0.3 is 10.1 Å². The lowest BCUT2D eigenvalue weighted by atomic mass is 10.00. The molecule has 132 valence electrons. The standard InChI is InChI=1S/C19H15NO4S2/c21-25-18(26(22,23)24)13-15-11-12-17(14-7-3-1-4-8-14)20(19(15)25)16-9-5-2-6-10-16/h1-13,17H,(H,22,23,24). The summed E-state index contributed by atoms with van der Waals surface area (Å²) < 4.78 is 45.1. The van der Waals surface area contributed by atoms with Crippen LogP contribution in [0.3, 0.4) is 0 Å². The first-order chi connectivity index (χ1) is 12.5. The molecular formula is C19H15NO4S2. The Kier molecular flexibility index (Phi) is 4.14. The zero-order valence-electron chi connectivity index (χ0n) is 13.5. The molecule has 1 N–H and O–H groups in total. The Morgan fingerprint density at radius 3 is 2.19 bits per heavy atom. The van der Waals surface area contributed by atoms with E-state index in [0.717, 1.165) is 11.3 Å². The lowest BCUT2D eigenvalue weighted by Gasteiger charge is -2.35. The van der Waals surface area contributed by atoms with Crippen LogP contribution < -0.4 is 4.90 Å². The minimum Gasteiger partial charge on any atom is -0.322 e. The van der Waals surface area contributed by atoms with Crippen LogP contribution in [-0.4, -0.2) is 17.2 Å². The molecule has 2 aliphatic heterocycles. The number of nitrogens with zero attached hydrogens (tertiary/aromatic N) is 1. The fourth-order valence-corrected chi connectivity index (χ4v) is 5.59. The van der Waals surface area contributed by atoms with Crippen LogP contribution in [0.5, 0.6) is 0 Å². The molecule has 0 bridgehead atoms. The Morgan fingerprint density at radius 2 is 1.58 bits per heavy atom. The van der Waals surface area contributed by atoms with Gasteiger partial charge in [0, 0.05) is 11.3 Å². The van der Waals surface area contributed by atoms with Gasteiger partial charge in [0.15, 0.2) is 4.24 Å². The van der Waals surface area contributed by atoms with E-state index in [2.05, 4.69) is 0 Å². The number of benzene rings is 2. The minimum absolute atomic E-state index is 0.240. The Morgan fingerprint density at radius 1 is 0.962 bits per heavy atom. The Hall–Kier alpha value is -2.48. The molecule has 4 rings (SSSR count). The lowest BCUT2D eigenvalue weighted by Crippen LogP contribution is -2.31. The third-order valence-electron chi connectivity index (χ3n) is 4.26. The number of allylic oxidation sites excluding steroid dienone is 3. The van der Waals surface area contributed by atoms with Crippen molar-refractivity contribution in [2.45, 2.75) is 6.04 Å². The van der Waals surface area contributed by atoms with Crippen molar-refractivity contribution in [2.24, 2.45) is 0 Å². The van der Waals surface area contributed by atoms with Gasteiger partial charge in [0.1, 0.15) is 15.8 Å². The van der Waals surface area contributed by atoms with Crippen LogP contribution in [0.25, 0.3) is 0 Å². The molecule has 7 heteroatoms. The summed E-state index contributed by atoms with van der Waals surface area (Å²) in [5.41, 5.74) is 2.29. The molecule has 26 heavy (non-hydrogen) atoms. The molecule has 2 heterocycles. The average molecular weight is 385 g/mol. The Balaban J connectivity index is 1.87.